The zero-order valence-corrected chi connectivity index (χ0v) is 22.9. The summed E-state index contributed by atoms with van der Waals surface area (Å²) in [5, 5.41) is 2.62. The third kappa shape index (κ3) is 6.53. The molecule has 0 aliphatic heterocycles. The van der Waals surface area contributed by atoms with Crippen molar-refractivity contribution in [2.45, 2.75) is 37.8 Å². The first-order valence-corrected chi connectivity index (χ1v) is 13.8. The number of benzene rings is 3. The number of amides is 2. The number of carbonyl (C=O) groups excluding carboxylic acids is 2. The third-order valence-corrected chi connectivity index (χ3v) is 8.09. The molecule has 0 bridgehead atoms. The zero-order chi connectivity index (χ0) is 26.3. The number of anilines is 1. The number of hydrogen-bond acceptors (Lipinski definition) is 4. The number of halogens is 1. The summed E-state index contributed by atoms with van der Waals surface area (Å²) < 4.78 is 29.3. The van der Waals surface area contributed by atoms with Gasteiger partial charge in [-0.3, -0.25) is 13.9 Å². The van der Waals surface area contributed by atoms with E-state index in [0.717, 1.165) is 15.4 Å². The van der Waals surface area contributed by atoms with Crippen LogP contribution in [0.5, 0.6) is 0 Å². The molecule has 190 valence electrons. The Hall–Kier alpha value is -3.17. The number of nitrogens with one attached hydrogen (secondary N) is 1. The van der Waals surface area contributed by atoms with Crippen LogP contribution in [-0.2, 0) is 26.2 Å². The first kappa shape index (κ1) is 27.4. The molecule has 0 aromatic heterocycles. The Balaban J connectivity index is 2.05. The van der Waals surface area contributed by atoms with Crippen molar-refractivity contribution >= 4 is 43.5 Å². The molecule has 0 saturated heterocycles. The Bertz CT molecular complexity index is 1300. The Morgan fingerprint density at radius 3 is 2.22 bits per heavy atom. The lowest BCUT2D eigenvalue weighted by atomic mass is 10.1. The zero-order valence-electron chi connectivity index (χ0n) is 20.5. The number of carbonyl (C=O) groups is 2. The van der Waals surface area contributed by atoms with Crippen LogP contribution in [0, 0.1) is 6.92 Å². The number of nitrogens with zero attached hydrogens (tertiary/aromatic N) is 2. The van der Waals surface area contributed by atoms with E-state index in [2.05, 4.69) is 21.2 Å². The number of hydrogen-bond donors (Lipinski definition) is 1. The van der Waals surface area contributed by atoms with Crippen LogP contribution in [0.15, 0.2) is 88.2 Å². The van der Waals surface area contributed by atoms with Crippen molar-refractivity contribution in [3.05, 3.63) is 94.5 Å². The molecule has 0 aliphatic carbocycles. The molecule has 7 nitrogen and oxygen atoms in total. The Labute approximate surface area is 221 Å². The van der Waals surface area contributed by atoms with E-state index in [1.807, 2.05) is 44.2 Å². The molecular formula is C27H30BrN3O4S. The van der Waals surface area contributed by atoms with Gasteiger partial charge in [-0.2, -0.15) is 0 Å². The molecule has 36 heavy (non-hydrogen) atoms. The topological polar surface area (TPSA) is 86.8 Å². The van der Waals surface area contributed by atoms with E-state index in [1.54, 1.807) is 36.4 Å². The summed E-state index contributed by atoms with van der Waals surface area (Å²) in [7, 11) is -2.56. The van der Waals surface area contributed by atoms with Crippen molar-refractivity contribution in [3.8, 4) is 0 Å². The van der Waals surface area contributed by atoms with Crippen LogP contribution in [0.4, 0.5) is 5.69 Å². The summed E-state index contributed by atoms with van der Waals surface area (Å²) in [6.07, 6.45) is 0.375. The summed E-state index contributed by atoms with van der Waals surface area (Å²) in [5.74, 6) is -0.790. The Morgan fingerprint density at radius 1 is 0.972 bits per heavy atom. The maximum Gasteiger partial charge on any atom is 0.264 e. The Kier molecular flexibility index (Phi) is 9.28. The van der Waals surface area contributed by atoms with Gasteiger partial charge in [0, 0.05) is 18.1 Å². The van der Waals surface area contributed by atoms with Crippen LogP contribution in [0.1, 0.15) is 24.5 Å². The lowest BCUT2D eigenvalue weighted by Gasteiger charge is -2.33. The largest absolute Gasteiger partial charge is 0.357 e. The van der Waals surface area contributed by atoms with Crippen molar-refractivity contribution in [2.75, 3.05) is 17.9 Å². The summed E-state index contributed by atoms with van der Waals surface area (Å²) in [5.41, 5.74) is 2.10. The quantitative estimate of drug-likeness (QED) is 0.388. The number of rotatable bonds is 10. The summed E-state index contributed by atoms with van der Waals surface area (Å²) in [4.78, 5) is 28.0. The minimum atomic E-state index is -4.08. The van der Waals surface area contributed by atoms with Crippen molar-refractivity contribution in [2.24, 2.45) is 0 Å². The fourth-order valence-electron chi connectivity index (χ4n) is 3.86. The van der Waals surface area contributed by atoms with Gasteiger partial charge in [0.2, 0.25) is 11.8 Å². The molecule has 0 fully saturated rings. The van der Waals surface area contributed by atoms with Gasteiger partial charge >= 0.3 is 0 Å². The van der Waals surface area contributed by atoms with E-state index in [-0.39, 0.29) is 17.3 Å². The van der Waals surface area contributed by atoms with Crippen LogP contribution in [0.3, 0.4) is 0 Å². The highest BCUT2D eigenvalue weighted by atomic mass is 79.9. The lowest BCUT2D eigenvalue weighted by Crippen LogP contribution is -2.51. The van der Waals surface area contributed by atoms with Crippen LogP contribution in [-0.4, -0.2) is 44.8 Å². The fourth-order valence-corrected chi connectivity index (χ4v) is 5.66. The van der Waals surface area contributed by atoms with Gasteiger partial charge in [-0.25, -0.2) is 8.42 Å². The summed E-state index contributed by atoms with van der Waals surface area (Å²) in [6.45, 7) is 3.40. The highest BCUT2D eigenvalue weighted by Crippen LogP contribution is 2.27. The Morgan fingerprint density at radius 2 is 1.64 bits per heavy atom. The fraction of sp³-hybridized carbons (Fsp3) is 0.259. The number of aryl methyl sites for hydroxylation is 1. The second kappa shape index (κ2) is 12.2. The maximum absolute atomic E-state index is 13.8. The standard InChI is InChI=1S/C27H30BrN3O4S/c1-4-25(27(33)29-3)30(18-21-9-6-5-7-10-21)26(32)19-31(23-12-8-11-22(28)17-23)36(34,35)24-15-13-20(2)14-16-24/h5-17,25H,4,18-19H2,1-3H3,(H,29,33). The monoisotopic (exact) mass is 571 g/mol. The van der Waals surface area contributed by atoms with Gasteiger partial charge in [0.25, 0.3) is 10.0 Å². The third-order valence-electron chi connectivity index (χ3n) is 5.81. The van der Waals surface area contributed by atoms with E-state index in [1.165, 1.54) is 24.1 Å². The lowest BCUT2D eigenvalue weighted by molar-refractivity contribution is -0.140. The predicted molar refractivity (Wildman–Crippen MR) is 145 cm³/mol. The molecule has 0 saturated carbocycles. The molecular weight excluding hydrogens is 542 g/mol. The van der Waals surface area contributed by atoms with E-state index >= 15 is 0 Å². The van der Waals surface area contributed by atoms with E-state index in [4.69, 9.17) is 0 Å². The second-order valence-electron chi connectivity index (χ2n) is 8.35. The molecule has 0 radical (unpaired) electrons. The van der Waals surface area contributed by atoms with Gasteiger partial charge in [-0.1, -0.05) is 76.9 Å². The molecule has 9 heteroatoms. The van der Waals surface area contributed by atoms with Crippen molar-refractivity contribution in [1.82, 2.24) is 10.2 Å². The van der Waals surface area contributed by atoms with E-state index in [0.29, 0.717) is 16.6 Å². The van der Waals surface area contributed by atoms with Gasteiger partial charge in [-0.05, 0) is 49.2 Å². The summed E-state index contributed by atoms with van der Waals surface area (Å²) in [6, 6.07) is 21.8. The first-order valence-electron chi connectivity index (χ1n) is 11.6. The molecule has 1 N–H and O–H groups in total. The average molecular weight is 573 g/mol. The van der Waals surface area contributed by atoms with Gasteiger partial charge in [0.05, 0.1) is 10.6 Å². The van der Waals surface area contributed by atoms with Gasteiger partial charge in [-0.15, -0.1) is 0 Å². The van der Waals surface area contributed by atoms with Gasteiger partial charge in [0.1, 0.15) is 12.6 Å². The second-order valence-corrected chi connectivity index (χ2v) is 11.1. The number of sulfonamides is 1. The molecule has 3 rings (SSSR count). The van der Waals surface area contributed by atoms with Gasteiger partial charge < -0.3 is 10.2 Å². The highest BCUT2D eigenvalue weighted by Gasteiger charge is 2.33. The van der Waals surface area contributed by atoms with Crippen LogP contribution >= 0.6 is 15.9 Å². The van der Waals surface area contributed by atoms with Crippen LogP contribution < -0.4 is 9.62 Å². The van der Waals surface area contributed by atoms with E-state index < -0.39 is 28.5 Å². The van der Waals surface area contributed by atoms with Crippen molar-refractivity contribution < 1.29 is 18.0 Å². The van der Waals surface area contributed by atoms with Gasteiger partial charge in [0.15, 0.2) is 0 Å². The molecule has 3 aromatic carbocycles. The average Bonchev–Trinajstić information content (AvgIpc) is 2.87. The predicted octanol–water partition coefficient (Wildman–Crippen LogP) is 4.51. The summed E-state index contributed by atoms with van der Waals surface area (Å²) >= 11 is 3.40. The normalized spacial score (nSPS) is 12.0. The minimum absolute atomic E-state index is 0.0776. The molecule has 1 unspecified atom stereocenters. The van der Waals surface area contributed by atoms with Crippen LogP contribution in [0.2, 0.25) is 0 Å². The number of likely N-dealkylation sites (N-methyl/N-ethyl adjacent to an activating group) is 1. The highest BCUT2D eigenvalue weighted by molar-refractivity contribution is 9.10. The molecule has 3 aromatic rings. The molecule has 2 amide bonds. The van der Waals surface area contributed by atoms with Crippen LogP contribution in [0.25, 0.3) is 0 Å². The molecule has 1 atom stereocenters. The van der Waals surface area contributed by atoms with E-state index in [9.17, 15) is 18.0 Å². The van der Waals surface area contributed by atoms with Crippen molar-refractivity contribution in [3.63, 3.8) is 0 Å². The maximum atomic E-state index is 13.8. The molecule has 0 spiro atoms. The smallest absolute Gasteiger partial charge is 0.264 e. The molecule has 0 aliphatic rings. The van der Waals surface area contributed by atoms with Crippen molar-refractivity contribution in [1.29, 1.82) is 0 Å². The first-order chi connectivity index (χ1) is 17.2. The molecule has 0 heterocycles. The SMILES string of the molecule is CCC(C(=O)NC)N(Cc1ccccc1)C(=O)CN(c1cccc(Br)c1)S(=O)(=O)c1ccc(C)cc1. The minimum Gasteiger partial charge on any atom is -0.357 e.